The van der Waals surface area contributed by atoms with Crippen LogP contribution in [0.2, 0.25) is 5.02 Å². The summed E-state index contributed by atoms with van der Waals surface area (Å²) in [6.07, 6.45) is 3.63. The first kappa shape index (κ1) is 13.9. The summed E-state index contributed by atoms with van der Waals surface area (Å²) in [6.45, 7) is 2.68. The number of alkyl halides is 1. The number of amides is 1. The Hall–Kier alpha value is -0.540. The first-order valence-corrected chi connectivity index (χ1v) is 7.55. The van der Waals surface area contributed by atoms with Crippen LogP contribution in [-0.2, 0) is 0 Å². The maximum Gasteiger partial charge on any atom is 0.251 e. The smallest absolute Gasteiger partial charge is 0.251 e. The van der Waals surface area contributed by atoms with Crippen LogP contribution < -0.4 is 5.32 Å². The SMILES string of the molecule is Cc1cc(Cl)cc(C(=O)NCC2CCCC2Br)c1. The summed E-state index contributed by atoms with van der Waals surface area (Å²) in [5.41, 5.74) is 1.65. The minimum Gasteiger partial charge on any atom is -0.352 e. The molecule has 1 aromatic rings. The van der Waals surface area contributed by atoms with Crippen molar-refractivity contribution in [2.24, 2.45) is 5.92 Å². The third-order valence-corrected chi connectivity index (χ3v) is 4.82. The second-order valence-electron chi connectivity index (χ2n) is 4.93. The van der Waals surface area contributed by atoms with Crippen LogP contribution in [0.15, 0.2) is 18.2 Å². The molecule has 98 valence electrons. The molecule has 2 nitrogen and oxygen atoms in total. The van der Waals surface area contributed by atoms with Gasteiger partial charge >= 0.3 is 0 Å². The molecule has 1 fully saturated rings. The molecule has 2 atom stereocenters. The van der Waals surface area contributed by atoms with E-state index < -0.39 is 0 Å². The van der Waals surface area contributed by atoms with E-state index in [2.05, 4.69) is 21.2 Å². The molecule has 1 N–H and O–H groups in total. The maximum atomic E-state index is 12.0. The van der Waals surface area contributed by atoms with Crippen molar-refractivity contribution in [2.45, 2.75) is 31.0 Å². The quantitative estimate of drug-likeness (QED) is 0.836. The number of hydrogen-bond acceptors (Lipinski definition) is 1. The Kier molecular flexibility index (Phi) is 4.68. The first-order valence-electron chi connectivity index (χ1n) is 6.26. The van der Waals surface area contributed by atoms with E-state index in [-0.39, 0.29) is 5.91 Å². The van der Waals surface area contributed by atoms with Gasteiger partial charge in [0.15, 0.2) is 0 Å². The molecule has 2 unspecified atom stereocenters. The Bertz CT molecular complexity index is 429. The number of carbonyl (C=O) groups excluding carboxylic acids is 1. The molecule has 0 heterocycles. The van der Waals surface area contributed by atoms with E-state index in [0.717, 1.165) is 12.1 Å². The van der Waals surface area contributed by atoms with Crippen molar-refractivity contribution in [2.75, 3.05) is 6.54 Å². The number of nitrogens with one attached hydrogen (secondary N) is 1. The fourth-order valence-corrected chi connectivity index (χ4v) is 3.48. The average Bonchev–Trinajstić information content (AvgIpc) is 2.70. The number of rotatable bonds is 3. The van der Waals surface area contributed by atoms with Gasteiger partial charge in [0.25, 0.3) is 5.91 Å². The van der Waals surface area contributed by atoms with Crippen molar-refractivity contribution in [1.82, 2.24) is 5.32 Å². The van der Waals surface area contributed by atoms with Gasteiger partial charge in [-0.15, -0.1) is 0 Å². The number of benzene rings is 1. The minimum absolute atomic E-state index is 0.0350. The molecule has 1 aliphatic carbocycles. The second kappa shape index (κ2) is 6.07. The lowest BCUT2D eigenvalue weighted by molar-refractivity contribution is 0.0948. The van der Waals surface area contributed by atoms with E-state index in [1.807, 2.05) is 19.1 Å². The Labute approximate surface area is 121 Å². The second-order valence-corrected chi connectivity index (χ2v) is 6.55. The lowest BCUT2D eigenvalue weighted by Crippen LogP contribution is -2.31. The van der Waals surface area contributed by atoms with Crippen molar-refractivity contribution in [3.63, 3.8) is 0 Å². The zero-order chi connectivity index (χ0) is 13.1. The van der Waals surface area contributed by atoms with Gasteiger partial charge in [-0.3, -0.25) is 4.79 Å². The van der Waals surface area contributed by atoms with Crippen molar-refractivity contribution in [1.29, 1.82) is 0 Å². The van der Waals surface area contributed by atoms with Gasteiger partial charge < -0.3 is 5.32 Å². The molecule has 1 aromatic carbocycles. The lowest BCUT2D eigenvalue weighted by Gasteiger charge is -2.15. The van der Waals surface area contributed by atoms with Crippen LogP contribution in [0, 0.1) is 12.8 Å². The number of aryl methyl sites for hydroxylation is 1. The lowest BCUT2D eigenvalue weighted by atomic mass is 10.1. The zero-order valence-corrected chi connectivity index (χ0v) is 12.7. The van der Waals surface area contributed by atoms with Crippen molar-refractivity contribution >= 4 is 33.4 Å². The van der Waals surface area contributed by atoms with E-state index in [9.17, 15) is 4.79 Å². The summed E-state index contributed by atoms with van der Waals surface area (Å²) in [5, 5.41) is 3.61. The number of halogens is 2. The van der Waals surface area contributed by atoms with Crippen LogP contribution in [0.3, 0.4) is 0 Å². The van der Waals surface area contributed by atoms with Crippen LogP contribution in [0.1, 0.15) is 35.2 Å². The molecular weight excluding hydrogens is 314 g/mol. The highest BCUT2D eigenvalue weighted by molar-refractivity contribution is 9.09. The molecule has 0 saturated heterocycles. The molecule has 2 rings (SSSR count). The fourth-order valence-electron chi connectivity index (χ4n) is 2.41. The van der Waals surface area contributed by atoms with Gasteiger partial charge in [0.2, 0.25) is 0 Å². The van der Waals surface area contributed by atoms with Crippen LogP contribution in [0.25, 0.3) is 0 Å². The van der Waals surface area contributed by atoms with Gasteiger partial charge in [-0.1, -0.05) is 34.0 Å². The average molecular weight is 331 g/mol. The van der Waals surface area contributed by atoms with Crippen molar-refractivity contribution < 1.29 is 4.79 Å². The Morgan fingerprint density at radius 3 is 2.83 bits per heavy atom. The van der Waals surface area contributed by atoms with Gasteiger partial charge in [-0.05, 0) is 49.4 Å². The molecule has 1 amide bonds. The monoisotopic (exact) mass is 329 g/mol. The molecule has 0 aromatic heterocycles. The van der Waals surface area contributed by atoms with Crippen molar-refractivity contribution in [3.8, 4) is 0 Å². The molecule has 4 heteroatoms. The number of hydrogen-bond donors (Lipinski definition) is 1. The fraction of sp³-hybridized carbons (Fsp3) is 0.500. The molecule has 0 bridgehead atoms. The van der Waals surface area contributed by atoms with E-state index >= 15 is 0 Å². The van der Waals surface area contributed by atoms with Crippen LogP contribution >= 0.6 is 27.5 Å². The van der Waals surface area contributed by atoms with Crippen LogP contribution in [-0.4, -0.2) is 17.3 Å². The molecule has 0 radical (unpaired) electrons. The van der Waals surface area contributed by atoms with Gasteiger partial charge in [0, 0.05) is 22.0 Å². The highest BCUT2D eigenvalue weighted by Crippen LogP contribution is 2.30. The topological polar surface area (TPSA) is 29.1 Å². The highest BCUT2D eigenvalue weighted by atomic mass is 79.9. The molecule has 18 heavy (non-hydrogen) atoms. The largest absolute Gasteiger partial charge is 0.352 e. The zero-order valence-electron chi connectivity index (χ0n) is 10.4. The van der Waals surface area contributed by atoms with Crippen LogP contribution in [0.4, 0.5) is 0 Å². The van der Waals surface area contributed by atoms with Gasteiger partial charge in [0.1, 0.15) is 0 Å². The molecular formula is C14H17BrClNO. The third-order valence-electron chi connectivity index (χ3n) is 3.40. The van der Waals surface area contributed by atoms with Gasteiger partial charge in [-0.2, -0.15) is 0 Å². The summed E-state index contributed by atoms with van der Waals surface area (Å²) < 4.78 is 0. The first-order chi connectivity index (χ1) is 8.56. The normalized spacial score (nSPS) is 23.1. The van der Waals surface area contributed by atoms with E-state index in [1.54, 1.807) is 6.07 Å². The molecule has 0 spiro atoms. The Balaban J connectivity index is 1.95. The Morgan fingerprint density at radius 2 is 2.22 bits per heavy atom. The van der Waals surface area contributed by atoms with Crippen LogP contribution in [0.5, 0.6) is 0 Å². The summed E-state index contributed by atoms with van der Waals surface area (Å²) in [4.78, 5) is 12.6. The van der Waals surface area contributed by atoms with E-state index in [4.69, 9.17) is 11.6 Å². The van der Waals surface area contributed by atoms with Gasteiger partial charge in [-0.25, -0.2) is 0 Å². The predicted molar refractivity (Wildman–Crippen MR) is 78.6 cm³/mol. The number of carbonyl (C=O) groups is 1. The summed E-state index contributed by atoms with van der Waals surface area (Å²) in [6, 6.07) is 5.43. The molecule has 0 aliphatic heterocycles. The highest BCUT2D eigenvalue weighted by Gasteiger charge is 2.25. The standard InChI is InChI=1S/C14H17BrClNO/c1-9-5-11(7-12(16)6-9)14(18)17-8-10-3-2-4-13(10)15/h5-7,10,13H,2-4,8H2,1H3,(H,17,18). The predicted octanol–water partition coefficient (Wildman–Crippen LogP) is 3.94. The molecule has 1 aliphatic rings. The third kappa shape index (κ3) is 3.48. The maximum absolute atomic E-state index is 12.0. The summed E-state index contributed by atoms with van der Waals surface area (Å²) in [7, 11) is 0. The van der Waals surface area contributed by atoms with Crippen molar-refractivity contribution in [3.05, 3.63) is 34.3 Å². The van der Waals surface area contributed by atoms with Gasteiger partial charge in [0.05, 0.1) is 0 Å². The summed E-state index contributed by atoms with van der Waals surface area (Å²) in [5.74, 6) is 0.515. The summed E-state index contributed by atoms with van der Waals surface area (Å²) >= 11 is 9.62. The van der Waals surface area contributed by atoms with E-state index in [1.165, 1.54) is 19.3 Å². The Morgan fingerprint density at radius 1 is 1.44 bits per heavy atom. The molecule has 1 saturated carbocycles. The minimum atomic E-state index is -0.0350. The van der Waals surface area contributed by atoms with E-state index in [0.29, 0.717) is 21.3 Å².